The van der Waals surface area contributed by atoms with Gasteiger partial charge in [-0.05, 0) is 38.0 Å². The molecular weight excluding hydrogens is 320 g/mol. The predicted molar refractivity (Wildman–Crippen MR) is 95.7 cm³/mol. The minimum absolute atomic E-state index is 0.168. The van der Waals surface area contributed by atoms with Gasteiger partial charge in [-0.1, -0.05) is 13.0 Å². The van der Waals surface area contributed by atoms with Crippen LogP contribution in [0.5, 0.6) is 0 Å². The third kappa shape index (κ3) is 3.50. The van der Waals surface area contributed by atoms with Gasteiger partial charge in [-0.2, -0.15) is 5.10 Å². The van der Waals surface area contributed by atoms with Crippen LogP contribution in [0.25, 0.3) is 11.1 Å². The molecule has 1 atom stereocenters. The SMILES string of the molecule is CC[C@H](C)n1nccc1NC(=O)CCn1c(=O)oc2ccc(C)cc21. The van der Waals surface area contributed by atoms with Crippen LogP contribution in [0.2, 0.25) is 0 Å². The summed E-state index contributed by atoms with van der Waals surface area (Å²) in [5, 5.41) is 7.11. The lowest BCUT2D eigenvalue weighted by Gasteiger charge is -2.14. The first-order chi connectivity index (χ1) is 12.0. The number of oxazole rings is 1. The van der Waals surface area contributed by atoms with E-state index in [1.54, 1.807) is 23.0 Å². The fourth-order valence-electron chi connectivity index (χ4n) is 2.74. The molecule has 2 heterocycles. The van der Waals surface area contributed by atoms with E-state index in [0.717, 1.165) is 12.0 Å². The first-order valence-corrected chi connectivity index (χ1v) is 8.43. The van der Waals surface area contributed by atoms with Gasteiger partial charge in [0.1, 0.15) is 5.82 Å². The number of benzene rings is 1. The second-order valence-corrected chi connectivity index (χ2v) is 6.21. The van der Waals surface area contributed by atoms with E-state index < -0.39 is 5.76 Å². The average molecular weight is 342 g/mol. The predicted octanol–water partition coefficient (Wildman–Crippen LogP) is 3.10. The van der Waals surface area contributed by atoms with Crippen molar-refractivity contribution in [3.05, 3.63) is 46.6 Å². The van der Waals surface area contributed by atoms with Crippen LogP contribution in [0.15, 0.2) is 39.7 Å². The maximum absolute atomic E-state index is 12.3. The van der Waals surface area contributed by atoms with Crippen LogP contribution in [-0.4, -0.2) is 20.3 Å². The molecule has 0 aliphatic rings. The quantitative estimate of drug-likeness (QED) is 0.746. The van der Waals surface area contributed by atoms with Crippen molar-refractivity contribution >= 4 is 22.8 Å². The number of nitrogens with one attached hydrogen (secondary N) is 1. The topological polar surface area (TPSA) is 82.1 Å². The van der Waals surface area contributed by atoms with E-state index in [4.69, 9.17) is 4.42 Å². The summed E-state index contributed by atoms with van der Waals surface area (Å²) < 4.78 is 8.51. The Labute approximate surface area is 145 Å². The Balaban J connectivity index is 1.71. The Bertz CT molecular complexity index is 951. The lowest BCUT2D eigenvalue weighted by Crippen LogP contribution is -2.21. The number of hydrogen-bond acceptors (Lipinski definition) is 4. The van der Waals surface area contributed by atoms with Crippen molar-refractivity contribution in [2.45, 2.75) is 46.2 Å². The maximum Gasteiger partial charge on any atom is 0.419 e. The Morgan fingerprint density at radius 3 is 2.92 bits per heavy atom. The molecule has 132 valence electrons. The van der Waals surface area contributed by atoms with E-state index in [0.29, 0.717) is 16.9 Å². The third-order valence-corrected chi connectivity index (χ3v) is 4.33. The fourth-order valence-corrected chi connectivity index (χ4v) is 2.74. The van der Waals surface area contributed by atoms with Gasteiger partial charge in [0, 0.05) is 19.0 Å². The molecule has 0 spiro atoms. The molecule has 25 heavy (non-hydrogen) atoms. The molecule has 7 heteroatoms. The van der Waals surface area contributed by atoms with Gasteiger partial charge >= 0.3 is 5.76 Å². The van der Waals surface area contributed by atoms with Gasteiger partial charge in [0.2, 0.25) is 5.91 Å². The molecule has 1 amide bonds. The Morgan fingerprint density at radius 2 is 2.16 bits per heavy atom. The van der Waals surface area contributed by atoms with Gasteiger partial charge in [0.25, 0.3) is 0 Å². The number of amides is 1. The molecule has 1 N–H and O–H groups in total. The average Bonchev–Trinajstić information content (AvgIpc) is 3.16. The molecule has 0 radical (unpaired) electrons. The summed E-state index contributed by atoms with van der Waals surface area (Å²) in [6.45, 7) is 6.32. The van der Waals surface area contributed by atoms with Crippen LogP contribution in [-0.2, 0) is 11.3 Å². The minimum atomic E-state index is -0.446. The molecule has 0 aliphatic carbocycles. The standard InChI is InChI=1S/C18H22N4O3/c1-4-13(3)22-16(7-9-19-22)20-17(23)8-10-21-14-11-12(2)5-6-15(14)25-18(21)24/h5-7,9,11,13H,4,8,10H2,1-3H3,(H,20,23)/t13-/m0/s1. The summed E-state index contributed by atoms with van der Waals surface area (Å²) in [5.41, 5.74) is 2.28. The van der Waals surface area contributed by atoms with Gasteiger partial charge in [0.15, 0.2) is 5.58 Å². The molecule has 1 aromatic carbocycles. The van der Waals surface area contributed by atoms with Crippen LogP contribution >= 0.6 is 0 Å². The molecule has 0 saturated carbocycles. The van der Waals surface area contributed by atoms with Crippen molar-refractivity contribution in [1.82, 2.24) is 14.3 Å². The zero-order valence-corrected chi connectivity index (χ0v) is 14.7. The van der Waals surface area contributed by atoms with Crippen LogP contribution in [0.3, 0.4) is 0 Å². The van der Waals surface area contributed by atoms with Crippen molar-refractivity contribution in [3.63, 3.8) is 0 Å². The number of rotatable bonds is 6. The summed E-state index contributed by atoms with van der Waals surface area (Å²) in [7, 11) is 0. The summed E-state index contributed by atoms with van der Waals surface area (Å²) >= 11 is 0. The highest BCUT2D eigenvalue weighted by Gasteiger charge is 2.14. The van der Waals surface area contributed by atoms with Gasteiger partial charge in [-0.25, -0.2) is 9.48 Å². The smallest absolute Gasteiger partial charge is 0.408 e. The summed E-state index contributed by atoms with van der Waals surface area (Å²) in [6, 6.07) is 7.52. The molecule has 2 aromatic heterocycles. The normalized spacial score (nSPS) is 12.4. The fraction of sp³-hybridized carbons (Fsp3) is 0.389. The van der Waals surface area contributed by atoms with Crippen LogP contribution in [0.4, 0.5) is 5.82 Å². The number of anilines is 1. The maximum atomic E-state index is 12.3. The summed E-state index contributed by atoms with van der Waals surface area (Å²) in [5.74, 6) is 0.0524. The van der Waals surface area contributed by atoms with Crippen LogP contribution < -0.4 is 11.1 Å². The highest BCUT2D eigenvalue weighted by atomic mass is 16.4. The molecule has 0 saturated heterocycles. The first-order valence-electron chi connectivity index (χ1n) is 8.43. The van der Waals surface area contributed by atoms with E-state index >= 15 is 0 Å². The number of carbonyl (C=O) groups is 1. The number of carbonyl (C=O) groups excluding carboxylic acids is 1. The van der Waals surface area contributed by atoms with Crippen LogP contribution in [0.1, 0.15) is 38.3 Å². The third-order valence-electron chi connectivity index (χ3n) is 4.33. The highest BCUT2D eigenvalue weighted by molar-refractivity contribution is 5.89. The molecule has 0 bridgehead atoms. The van der Waals surface area contributed by atoms with E-state index in [1.807, 2.05) is 26.0 Å². The van der Waals surface area contributed by atoms with Crippen molar-refractivity contribution in [1.29, 1.82) is 0 Å². The van der Waals surface area contributed by atoms with Gasteiger partial charge < -0.3 is 9.73 Å². The largest absolute Gasteiger partial charge is 0.419 e. The second-order valence-electron chi connectivity index (χ2n) is 6.21. The van der Waals surface area contributed by atoms with Crippen molar-refractivity contribution in [2.24, 2.45) is 0 Å². The highest BCUT2D eigenvalue weighted by Crippen LogP contribution is 2.17. The summed E-state index contributed by atoms with van der Waals surface area (Å²) in [4.78, 5) is 24.3. The number of aromatic nitrogens is 3. The minimum Gasteiger partial charge on any atom is -0.408 e. The Hall–Kier alpha value is -2.83. The molecule has 3 aromatic rings. The first kappa shape index (κ1) is 17.0. The molecule has 0 unspecified atom stereocenters. The van der Waals surface area contributed by atoms with Crippen molar-refractivity contribution in [2.75, 3.05) is 5.32 Å². The van der Waals surface area contributed by atoms with Crippen LogP contribution in [0, 0.1) is 6.92 Å². The molecule has 0 aliphatic heterocycles. The zero-order valence-electron chi connectivity index (χ0n) is 14.7. The molecule has 7 nitrogen and oxygen atoms in total. The second kappa shape index (κ2) is 6.96. The summed E-state index contributed by atoms with van der Waals surface area (Å²) in [6.07, 6.45) is 2.76. The van der Waals surface area contributed by atoms with Gasteiger partial charge in [-0.3, -0.25) is 9.36 Å². The van der Waals surface area contributed by atoms with E-state index in [-0.39, 0.29) is 24.9 Å². The molecular formula is C18H22N4O3. The Morgan fingerprint density at radius 1 is 1.36 bits per heavy atom. The Kier molecular flexibility index (Phi) is 4.74. The van der Waals surface area contributed by atoms with Crippen molar-refractivity contribution < 1.29 is 9.21 Å². The lowest BCUT2D eigenvalue weighted by molar-refractivity contribution is -0.116. The van der Waals surface area contributed by atoms with Gasteiger partial charge in [0.05, 0.1) is 17.8 Å². The monoisotopic (exact) mass is 342 g/mol. The number of hydrogen-bond donors (Lipinski definition) is 1. The van der Waals surface area contributed by atoms with Gasteiger partial charge in [-0.15, -0.1) is 0 Å². The molecule has 0 fully saturated rings. The number of aryl methyl sites for hydroxylation is 2. The zero-order chi connectivity index (χ0) is 18.0. The van der Waals surface area contributed by atoms with E-state index in [9.17, 15) is 9.59 Å². The molecule has 3 rings (SSSR count). The van der Waals surface area contributed by atoms with E-state index in [2.05, 4.69) is 17.3 Å². The lowest BCUT2D eigenvalue weighted by atomic mass is 10.2. The number of nitrogens with zero attached hydrogens (tertiary/aromatic N) is 3. The number of fused-ring (bicyclic) bond motifs is 1. The van der Waals surface area contributed by atoms with Crippen molar-refractivity contribution in [3.8, 4) is 0 Å². The van der Waals surface area contributed by atoms with E-state index in [1.165, 1.54) is 4.57 Å².